The lowest BCUT2D eigenvalue weighted by atomic mass is 9.99. The molecule has 3 aromatic rings. The fourth-order valence-electron chi connectivity index (χ4n) is 3.35. The van der Waals surface area contributed by atoms with Gasteiger partial charge in [-0.15, -0.1) is 0 Å². The number of esters is 1. The number of aromatic amines is 1. The number of pyridine rings is 1. The van der Waals surface area contributed by atoms with E-state index in [-0.39, 0.29) is 18.1 Å². The van der Waals surface area contributed by atoms with E-state index < -0.39 is 5.97 Å². The van der Waals surface area contributed by atoms with Gasteiger partial charge in [0.2, 0.25) is 5.88 Å². The number of ether oxygens (including phenoxy) is 3. The van der Waals surface area contributed by atoms with Crippen molar-refractivity contribution >= 4 is 16.9 Å². The van der Waals surface area contributed by atoms with E-state index in [4.69, 9.17) is 14.2 Å². The predicted molar refractivity (Wildman–Crippen MR) is 93.2 cm³/mol. The average Bonchev–Trinajstić information content (AvgIpc) is 3.26. The highest BCUT2D eigenvalue weighted by atomic mass is 19.1. The number of aromatic nitrogens is 2. The number of fused-ring (bicyclic) bond motifs is 3. The van der Waals surface area contributed by atoms with Gasteiger partial charge in [-0.25, -0.2) is 14.2 Å². The monoisotopic (exact) mass is 356 g/mol. The van der Waals surface area contributed by atoms with Gasteiger partial charge in [0.25, 0.3) is 0 Å². The van der Waals surface area contributed by atoms with Crippen molar-refractivity contribution in [2.75, 3.05) is 20.3 Å². The molecule has 1 aromatic carbocycles. The Morgan fingerprint density at radius 1 is 1.46 bits per heavy atom. The standard InChI is InChI=1S/C19H17FN2O4/c1-3-25-19(23)16-14(11-5-4-7-21-18(11)24-2)15-13(22-16)9-12(20)10-6-8-26-17(10)15/h4-5,7,9,22H,3,6,8H2,1-2H3. The minimum atomic E-state index is -0.531. The largest absolute Gasteiger partial charge is 0.492 e. The minimum absolute atomic E-state index is 0.219. The Hall–Kier alpha value is -3.09. The minimum Gasteiger partial charge on any atom is -0.492 e. The van der Waals surface area contributed by atoms with Gasteiger partial charge in [-0.05, 0) is 25.1 Å². The summed E-state index contributed by atoms with van der Waals surface area (Å²) in [5.41, 5.74) is 2.34. The van der Waals surface area contributed by atoms with Crippen LogP contribution in [0.4, 0.5) is 4.39 Å². The first-order valence-corrected chi connectivity index (χ1v) is 8.32. The van der Waals surface area contributed by atoms with Crippen molar-refractivity contribution in [3.8, 4) is 22.8 Å². The zero-order valence-corrected chi connectivity index (χ0v) is 14.4. The van der Waals surface area contributed by atoms with Crippen molar-refractivity contribution in [3.63, 3.8) is 0 Å². The first-order chi connectivity index (χ1) is 12.7. The van der Waals surface area contributed by atoms with Gasteiger partial charge in [-0.2, -0.15) is 0 Å². The average molecular weight is 356 g/mol. The van der Waals surface area contributed by atoms with E-state index in [0.717, 1.165) is 0 Å². The molecule has 0 radical (unpaired) electrons. The maximum Gasteiger partial charge on any atom is 0.355 e. The summed E-state index contributed by atoms with van der Waals surface area (Å²) in [5, 5.41) is 0.633. The van der Waals surface area contributed by atoms with E-state index in [2.05, 4.69) is 9.97 Å². The van der Waals surface area contributed by atoms with Crippen LogP contribution in [0.2, 0.25) is 0 Å². The second kappa shape index (κ2) is 6.33. The molecule has 0 saturated heterocycles. The zero-order valence-electron chi connectivity index (χ0n) is 14.4. The van der Waals surface area contributed by atoms with E-state index >= 15 is 0 Å². The van der Waals surface area contributed by atoms with Gasteiger partial charge in [0.05, 0.1) is 31.2 Å². The molecule has 1 N–H and O–H groups in total. The van der Waals surface area contributed by atoms with Crippen LogP contribution in [0, 0.1) is 5.82 Å². The van der Waals surface area contributed by atoms with Crippen molar-refractivity contribution < 1.29 is 23.4 Å². The van der Waals surface area contributed by atoms with Crippen LogP contribution in [-0.2, 0) is 11.2 Å². The highest BCUT2D eigenvalue weighted by molar-refractivity contribution is 6.11. The third kappa shape index (κ3) is 2.39. The molecule has 0 fully saturated rings. The normalized spacial score (nSPS) is 12.7. The number of carbonyl (C=O) groups is 1. The van der Waals surface area contributed by atoms with E-state index in [9.17, 15) is 9.18 Å². The van der Waals surface area contributed by atoms with Crippen molar-refractivity contribution in [1.29, 1.82) is 0 Å². The number of rotatable bonds is 4. The molecule has 1 aliphatic heterocycles. The second-order valence-corrected chi connectivity index (χ2v) is 5.84. The molecule has 134 valence electrons. The molecule has 7 heteroatoms. The van der Waals surface area contributed by atoms with E-state index in [1.165, 1.54) is 13.2 Å². The summed E-state index contributed by atoms with van der Waals surface area (Å²) in [6.07, 6.45) is 2.09. The van der Waals surface area contributed by atoms with E-state index in [1.807, 2.05) is 0 Å². The smallest absolute Gasteiger partial charge is 0.355 e. The molecule has 0 aliphatic carbocycles. The van der Waals surface area contributed by atoms with Gasteiger partial charge in [0, 0.05) is 29.3 Å². The number of nitrogens with zero attached hydrogens (tertiary/aromatic N) is 1. The number of hydrogen-bond donors (Lipinski definition) is 1. The molecule has 2 aromatic heterocycles. The third-order valence-corrected chi connectivity index (χ3v) is 4.40. The highest BCUT2D eigenvalue weighted by Gasteiger charge is 2.29. The first-order valence-electron chi connectivity index (χ1n) is 8.32. The SMILES string of the molecule is CCOC(=O)c1[nH]c2cc(F)c3c(c2c1-c1cccnc1OC)OCC3. The van der Waals surface area contributed by atoms with Gasteiger partial charge in [0.1, 0.15) is 17.3 Å². The van der Waals surface area contributed by atoms with Gasteiger partial charge in [-0.1, -0.05) is 0 Å². The lowest BCUT2D eigenvalue weighted by Crippen LogP contribution is -2.07. The van der Waals surface area contributed by atoms with Crippen LogP contribution < -0.4 is 9.47 Å². The van der Waals surface area contributed by atoms with Crippen LogP contribution in [0.25, 0.3) is 22.0 Å². The number of H-pyrrole nitrogens is 1. The summed E-state index contributed by atoms with van der Waals surface area (Å²) in [7, 11) is 1.51. The topological polar surface area (TPSA) is 73.4 Å². The van der Waals surface area contributed by atoms with Gasteiger partial charge in [0.15, 0.2) is 0 Å². The van der Waals surface area contributed by atoms with Gasteiger partial charge >= 0.3 is 5.97 Å². The summed E-state index contributed by atoms with van der Waals surface area (Å²) in [5.74, 6) is -0.0779. The summed E-state index contributed by atoms with van der Waals surface area (Å²) in [6, 6.07) is 4.93. The van der Waals surface area contributed by atoms with Crippen molar-refractivity contribution in [2.45, 2.75) is 13.3 Å². The highest BCUT2D eigenvalue weighted by Crippen LogP contribution is 2.45. The fraction of sp³-hybridized carbons (Fsp3) is 0.263. The number of hydrogen-bond acceptors (Lipinski definition) is 5. The van der Waals surface area contributed by atoms with Crippen LogP contribution in [0.1, 0.15) is 23.0 Å². The Bertz CT molecular complexity index is 1010. The summed E-state index contributed by atoms with van der Waals surface area (Å²) in [4.78, 5) is 19.7. The zero-order chi connectivity index (χ0) is 18.3. The number of methoxy groups -OCH3 is 1. The molecule has 0 unspecified atom stereocenters. The van der Waals surface area contributed by atoms with E-state index in [0.29, 0.717) is 52.3 Å². The van der Waals surface area contributed by atoms with Crippen LogP contribution in [-0.4, -0.2) is 36.3 Å². The van der Waals surface area contributed by atoms with E-state index in [1.54, 1.807) is 25.3 Å². The molecule has 0 spiro atoms. The Labute approximate surface area is 148 Å². The predicted octanol–water partition coefficient (Wildman–Crippen LogP) is 3.49. The van der Waals surface area contributed by atoms with Crippen LogP contribution in [0.5, 0.6) is 11.6 Å². The van der Waals surface area contributed by atoms with Crippen LogP contribution >= 0.6 is 0 Å². The Balaban J connectivity index is 2.10. The molecular formula is C19H17FN2O4. The van der Waals surface area contributed by atoms with Crippen LogP contribution in [0.15, 0.2) is 24.4 Å². The quantitative estimate of drug-likeness (QED) is 0.725. The Kier molecular flexibility index (Phi) is 3.99. The summed E-state index contributed by atoms with van der Waals surface area (Å²) < 4.78 is 30.7. The van der Waals surface area contributed by atoms with Crippen molar-refractivity contribution in [2.24, 2.45) is 0 Å². The molecule has 0 amide bonds. The summed E-state index contributed by atoms with van der Waals surface area (Å²) >= 11 is 0. The number of nitrogens with one attached hydrogen (secondary N) is 1. The fourth-order valence-corrected chi connectivity index (χ4v) is 3.35. The lowest BCUT2D eigenvalue weighted by molar-refractivity contribution is 0.0521. The maximum atomic E-state index is 14.4. The molecule has 6 nitrogen and oxygen atoms in total. The van der Waals surface area contributed by atoms with Crippen molar-refractivity contribution in [3.05, 3.63) is 41.5 Å². The molecule has 0 atom stereocenters. The van der Waals surface area contributed by atoms with Gasteiger partial charge < -0.3 is 19.2 Å². The number of benzene rings is 1. The number of halogens is 1. The first kappa shape index (κ1) is 16.4. The molecule has 26 heavy (non-hydrogen) atoms. The number of carbonyl (C=O) groups excluding carboxylic acids is 1. The van der Waals surface area contributed by atoms with Gasteiger partial charge in [-0.3, -0.25) is 0 Å². The molecule has 3 heterocycles. The maximum absolute atomic E-state index is 14.4. The van der Waals surface area contributed by atoms with Crippen molar-refractivity contribution in [1.82, 2.24) is 9.97 Å². The Morgan fingerprint density at radius 2 is 2.31 bits per heavy atom. The Morgan fingerprint density at radius 3 is 3.08 bits per heavy atom. The van der Waals surface area contributed by atoms with Crippen LogP contribution in [0.3, 0.4) is 0 Å². The molecule has 1 aliphatic rings. The molecular weight excluding hydrogens is 339 g/mol. The summed E-state index contributed by atoms with van der Waals surface area (Å²) in [6.45, 7) is 2.35. The lowest BCUT2D eigenvalue weighted by Gasteiger charge is -2.10. The molecule has 4 rings (SSSR count). The molecule has 0 saturated carbocycles. The second-order valence-electron chi connectivity index (χ2n) is 5.84. The third-order valence-electron chi connectivity index (χ3n) is 4.40. The molecule has 0 bridgehead atoms.